The van der Waals surface area contributed by atoms with Crippen molar-refractivity contribution in [1.82, 2.24) is 14.3 Å². The molecule has 1 aromatic heterocycles. The number of nitrogens with zero attached hydrogens (tertiary/aromatic N) is 3. The van der Waals surface area contributed by atoms with E-state index in [1.807, 2.05) is 30.3 Å². The zero-order valence-electron chi connectivity index (χ0n) is 15.3. The number of hydrogen-bond donors (Lipinski definition) is 1. The number of amides is 1. The third-order valence-electron chi connectivity index (χ3n) is 4.10. The van der Waals surface area contributed by atoms with E-state index in [0.717, 1.165) is 5.56 Å². The van der Waals surface area contributed by atoms with Gasteiger partial charge in [0.1, 0.15) is 5.69 Å². The number of carbonyl (C=O) groups is 1. The molecule has 0 aliphatic heterocycles. The molecule has 28 heavy (non-hydrogen) atoms. The Morgan fingerprint density at radius 3 is 2.36 bits per heavy atom. The highest BCUT2D eigenvalue weighted by molar-refractivity contribution is 7.89. The predicted molar refractivity (Wildman–Crippen MR) is 106 cm³/mol. The van der Waals surface area contributed by atoms with Gasteiger partial charge in [-0.3, -0.25) is 9.78 Å². The molecule has 1 amide bonds. The van der Waals surface area contributed by atoms with Crippen LogP contribution in [0.5, 0.6) is 0 Å². The highest BCUT2D eigenvalue weighted by atomic mass is 32.2. The molecule has 1 heterocycles. The average molecular weight is 396 g/mol. The summed E-state index contributed by atoms with van der Waals surface area (Å²) in [6, 6.07) is 15.5. The van der Waals surface area contributed by atoms with Crippen LogP contribution in [0.3, 0.4) is 0 Å². The first kappa shape index (κ1) is 19.7. The third kappa shape index (κ3) is 4.59. The smallest absolute Gasteiger partial charge is 0.275 e. The van der Waals surface area contributed by atoms with Crippen LogP contribution in [-0.4, -0.2) is 35.1 Å². The van der Waals surface area contributed by atoms with Gasteiger partial charge in [-0.25, -0.2) is 13.4 Å². The molecule has 7 nitrogen and oxygen atoms in total. The van der Waals surface area contributed by atoms with Crippen LogP contribution in [0, 0.1) is 0 Å². The quantitative estimate of drug-likeness (QED) is 0.663. The van der Waals surface area contributed by atoms with Crippen molar-refractivity contribution in [3.8, 4) is 0 Å². The molecule has 0 atom stereocenters. The van der Waals surface area contributed by atoms with E-state index in [1.165, 1.54) is 35.0 Å². The van der Waals surface area contributed by atoms with Gasteiger partial charge in [-0.2, -0.15) is 4.31 Å². The van der Waals surface area contributed by atoms with E-state index in [0.29, 0.717) is 18.8 Å². The van der Waals surface area contributed by atoms with Crippen molar-refractivity contribution in [1.29, 1.82) is 0 Å². The second-order valence-corrected chi connectivity index (χ2v) is 7.92. The van der Waals surface area contributed by atoms with E-state index < -0.39 is 15.9 Å². The van der Waals surface area contributed by atoms with Gasteiger partial charge in [0.25, 0.3) is 5.91 Å². The highest BCUT2D eigenvalue weighted by Gasteiger charge is 2.23. The molecule has 2 aromatic carbocycles. The number of aromatic nitrogens is 2. The fraction of sp³-hybridized carbons (Fsp3) is 0.150. The molecule has 0 aliphatic rings. The van der Waals surface area contributed by atoms with E-state index in [4.69, 9.17) is 0 Å². The van der Waals surface area contributed by atoms with Crippen LogP contribution >= 0.6 is 0 Å². The van der Waals surface area contributed by atoms with Gasteiger partial charge in [0.15, 0.2) is 0 Å². The minimum absolute atomic E-state index is 0.169. The Hall–Kier alpha value is -3.10. The monoisotopic (exact) mass is 396 g/mol. The van der Waals surface area contributed by atoms with Crippen molar-refractivity contribution in [2.75, 3.05) is 11.9 Å². The van der Waals surface area contributed by atoms with Gasteiger partial charge in [-0.1, -0.05) is 37.3 Å². The van der Waals surface area contributed by atoms with Crippen LogP contribution in [0.4, 0.5) is 5.69 Å². The van der Waals surface area contributed by atoms with Gasteiger partial charge >= 0.3 is 0 Å². The summed E-state index contributed by atoms with van der Waals surface area (Å²) in [6.45, 7) is 2.45. The van der Waals surface area contributed by atoms with E-state index in [9.17, 15) is 13.2 Å². The number of rotatable bonds is 7. The van der Waals surface area contributed by atoms with Crippen molar-refractivity contribution in [3.63, 3.8) is 0 Å². The van der Waals surface area contributed by atoms with E-state index in [1.54, 1.807) is 19.1 Å². The Morgan fingerprint density at radius 2 is 1.75 bits per heavy atom. The van der Waals surface area contributed by atoms with Crippen molar-refractivity contribution < 1.29 is 13.2 Å². The summed E-state index contributed by atoms with van der Waals surface area (Å²) in [6.07, 6.45) is 4.26. The van der Waals surface area contributed by atoms with Crippen LogP contribution in [0.25, 0.3) is 0 Å². The van der Waals surface area contributed by atoms with Crippen LogP contribution in [-0.2, 0) is 16.6 Å². The molecule has 3 rings (SSSR count). The second kappa shape index (κ2) is 8.73. The minimum Gasteiger partial charge on any atom is -0.321 e. The summed E-state index contributed by atoms with van der Waals surface area (Å²) in [5.74, 6) is -0.414. The van der Waals surface area contributed by atoms with E-state index in [-0.39, 0.29) is 10.6 Å². The lowest BCUT2D eigenvalue weighted by molar-refractivity contribution is 0.102. The van der Waals surface area contributed by atoms with Gasteiger partial charge < -0.3 is 5.32 Å². The van der Waals surface area contributed by atoms with Gasteiger partial charge in [-0.05, 0) is 29.8 Å². The fourth-order valence-electron chi connectivity index (χ4n) is 2.62. The first-order chi connectivity index (χ1) is 13.5. The van der Waals surface area contributed by atoms with Crippen molar-refractivity contribution in [2.45, 2.75) is 18.4 Å². The summed E-state index contributed by atoms with van der Waals surface area (Å²) in [5, 5.41) is 2.67. The number of nitrogens with one attached hydrogen (secondary N) is 1. The molecule has 0 saturated carbocycles. The molecule has 0 bridgehead atoms. The first-order valence-electron chi connectivity index (χ1n) is 8.72. The normalized spacial score (nSPS) is 11.4. The zero-order valence-corrected chi connectivity index (χ0v) is 16.1. The third-order valence-corrected chi connectivity index (χ3v) is 6.04. The van der Waals surface area contributed by atoms with Gasteiger partial charge in [0.2, 0.25) is 10.0 Å². The maximum Gasteiger partial charge on any atom is 0.275 e. The number of benzene rings is 2. The van der Waals surface area contributed by atoms with Crippen LogP contribution in [0.2, 0.25) is 0 Å². The fourth-order valence-corrected chi connectivity index (χ4v) is 4.06. The SMILES string of the molecule is CCN(Cc1ccccc1)S(=O)(=O)c1ccc(NC(=O)c2cnccn2)cc1. The molecule has 0 aliphatic carbocycles. The van der Waals surface area contributed by atoms with Crippen molar-refractivity contribution in [2.24, 2.45) is 0 Å². The number of anilines is 1. The second-order valence-electron chi connectivity index (χ2n) is 5.99. The van der Waals surface area contributed by atoms with Gasteiger partial charge in [0, 0.05) is 31.2 Å². The molecular formula is C20H20N4O3S. The van der Waals surface area contributed by atoms with Crippen molar-refractivity contribution >= 4 is 21.6 Å². The van der Waals surface area contributed by atoms with Crippen LogP contribution in [0.15, 0.2) is 78.1 Å². The summed E-state index contributed by atoms with van der Waals surface area (Å²) in [7, 11) is -3.65. The number of sulfonamides is 1. The van der Waals surface area contributed by atoms with Crippen LogP contribution < -0.4 is 5.32 Å². The maximum atomic E-state index is 12.9. The minimum atomic E-state index is -3.65. The lowest BCUT2D eigenvalue weighted by atomic mass is 10.2. The molecule has 0 radical (unpaired) electrons. The molecule has 0 fully saturated rings. The molecule has 0 unspecified atom stereocenters. The van der Waals surface area contributed by atoms with Gasteiger partial charge in [-0.15, -0.1) is 0 Å². The Labute approximate surface area is 164 Å². The van der Waals surface area contributed by atoms with Gasteiger partial charge in [0.05, 0.1) is 11.1 Å². The Bertz CT molecular complexity index is 1020. The molecule has 144 valence electrons. The lowest BCUT2D eigenvalue weighted by Crippen LogP contribution is -2.30. The molecule has 8 heteroatoms. The average Bonchev–Trinajstić information content (AvgIpc) is 2.73. The van der Waals surface area contributed by atoms with Crippen LogP contribution in [0.1, 0.15) is 23.0 Å². The topological polar surface area (TPSA) is 92.3 Å². The Morgan fingerprint density at radius 1 is 1.04 bits per heavy atom. The Balaban J connectivity index is 1.74. The largest absolute Gasteiger partial charge is 0.321 e. The first-order valence-corrected chi connectivity index (χ1v) is 10.2. The number of carbonyl (C=O) groups excluding carboxylic acids is 1. The van der Waals surface area contributed by atoms with E-state index in [2.05, 4.69) is 15.3 Å². The zero-order chi connectivity index (χ0) is 20.0. The Kier molecular flexibility index (Phi) is 6.13. The maximum absolute atomic E-state index is 12.9. The standard InChI is InChI=1S/C20H20N4O3S/c1-2-24(15-16-6-4-3-5-7-16)28(26,27)18-10-8-17(9-11-18)23-20(25)19-14-21-12-13-22-19/h3-14H,2,15H2,1H3,(H,23,25). The summed E-state index contributed by atoms with van der Waals surface area (Å²) >= 11 is 0. The summed E-state index contributed by atoms with van der Waals surface area (Å²) in [4.78, 5) is 20.1. The predicted octanol–water partition coefficient (Wildman–Crippen LogP) is 2.94. The summed E-state index contributed by atoms with van der Waals surface area (Å²) < 4.78 is 27.3. The molecule has 0 spiro atoms. The highest BCUT2D eigenvalue weighted by Crippen LogP contribution is 2.20. The molecule has 1 N–H and O–H groups in total. The van der Waals surface area contributed by atoms with E-state index >= 15 is 0 Å². The molecule has 0 saturated heterocycles. The van der Waals surface area contributed by atoms with Crippen molar-refractivity contribution in [3.05, 3.63) is 84.4 Å². The summed E-state index contributed by atoms with van der Waals surface area (Å²) in [5.41, 5.74) is 1.57. The molecule has 3 aromatic rings. The molecular weight excluding hydrogens is 376 g/mol. The lowest BCUT2D eigenvalue weighted by Gasteiger charge is -2.20. The number of hydrogen-bond acceptors (Lipinski definition) is 5.